The molecule has 0 aliphatic carbocycles. The fourth-order valence-electron chi connectivity index (χ4n) is 1.25. The van der Waals surface area contributed by atoms with Crippen molar-refractivity contribution in [1.29, 1.82) is 0 Å². The fourth-order valence-corrected chi connectivity index (χ4v) is 1.25. The van der Waals surface area contributed by atoms with Gasteiger partial charge in [-0.1, -0.05) is 0 Å². The van der Waals surface area contributed by atoms with E-state index in [9.17, 15) is 9.18 Å². The maximum atomic E-state index is 13.4. The first-order chi connectivity index (χ1) is 7.16. The zero-order chi connectivity index (χ0) is 10.8. The van der Waals surface area contributed by atoms with Gasteiger partial charge in [0.25, 0.3) is 0 Å². The molecule has 4 nitrogen and oxygen atoms in total. The fraction of sp³-hybridized carbons (Fsp3) is 0. The van der Waals surface area contributed by atoms with Gasteiger partial charge in [-0.05, 0) is 18.2 Å². The molecule has 3 N–H and O–H groups in total. The minimum absolute atomic E-state index is 0.355. The second-order valence-corrected chi connectivity index (χ2v) is 3.05. The molecular formula is C10H8FN3O. The highest BCUT2D eigenvalue weighted by Gasteiger charge is 2.05. The Morgan fingerprint density at radius 3 is 2.80 bits per heavy atom. The summed E-state index contributed by atoms with van der Waals surface area (Å²) in [6.07, 6.45) is 2.72. The Hall–Kier alpha value is -2.17. The molecule has 5 heteroatoms. The molecule has 0 atom stereocenters. The molecule has 0 bridgehead atoms. The summed E-state index contributed by atoms with van der Waals surface area (Å²) in [5, 5.41) is 0. The molecule has 15 heavy (non-hydrogen) atoms. The summed E-state index contributed by atoms with van der Waals surface area (Å²) in [5.41, 5.74) is 6.17. The molecule has 2 aromatic rings. The lowest BCUT2D eigenvalue weighted by Gasteiger charge is -2.02. The molecule has 0 amide bonds. The number of nitrogens with two attached hydrogens (primary N) is 1. The van der Waals surface area contributed by atoms with E-state index >= 15 is 0 Å². The van der Waals surface area contributed by atoms with Crippen LogP contribution in [0.2, 0.25) is 0 Å². The quantitative estimate of drug-likeness (QED) is 0.686. The van der Waals surface area contributed by atoms with E-state index in [1.807, 2.05) is 0 Å². The van der Waals surface area contributed by atoms with E-state index in [0.717, 1.165) is 0 Å². The molecule has 0 radical (unpaired) electrons. The molecule has 2 rings (SSSR count). The second-order valence-electron chi connectivity index (χ2n) is 3.05. The van der Waals surface area contributed by atoms with Gasteiger partial charge in [0.05, 0.1) is 0 Å². The van der Waals surface area contributed by atoms with Gasteiger partial charge < -0.3 is 10.7 Å². The SMILES string of the molecule is Nc1ccc(-c2cnc(=O)[nH]c2)c(F)c1. The molecule has 0 saturated heterocycles. The lowest BCUT2D eigenvalue weighted by atomic mass is 10.1. The van der Waals surface area contributed by atoms with E-state index in [1.165, 1.54) is 18.5 Å². The number of halogens is 1. The summed E-state index contributed by atoms with van der Waals surface area (Å²) in [5.74, 6) is -0.441. The van der Waals surface area contributed by atoms with Crippen molar-refractivity contribution in [3.05, 3.63) is 46.9 Å². The number of hydrogen-bond donors (Lipinski definition) is 2. The maximum Gasteiger partial charge on any atom is 0.344 e. The Kier molecular flexibility index (Phi) is 2.21. The molecule has 1 aromatic heterocycles. The van der Waals surface area contributed by atoms with Crippen LogP contribution in [0, 0.1) is 5.82 Å². The second kappa shape index (κ2) is 3.53. The highest BCUT2D eigenvalue weighted by Crippen LogP contribution is 2.22. The van der Waals surface area contributed by atoms with Crippen LogP contribution in [0.1, 0.15) is 0 Å². The molecule has 0 fully saturated rings. The molecule has 1 aromatic carbocycles. The molecular weight excluding hydrogens is 197 g/mol. The number of H-pyrrole nitrogens is 1. The van der Waals surface area contributed by atoms with Crippen LogP contribution in [-0.2, 0) is 0 Å². The Morgan fingerprint density at radius 1 is 1.40 bits per heavy atom. The first-order valence-corrected chi connectivity index (χ1v) is 4.27. The van der Waals surface area contributed by atoms with Crippen molar-refractivity contribution in [3.8, 4) is 11.1 Å². The van der Waals surface area contributed by atoms with Crippen molar-refractivity contribution in [2.75, 3.05) is 5.73 Å². The first-order valence-electron chi connectivity index (χ1n) is 4.27. The molecule has 1 heterocycles. The van der Waals surface area contributed by atoms with Gasteiger partial charge in [-0.3, -0.25) is 0 Å². The number of benzene rings is 1. The number of nitrogens with zero attached hydrogens (tertiary/aromatic N) is 1. The van der Waals surface area contributed by atoms with Gasteiger partial charge in [-0.25, -0.2) is 14.2 Å². The minimum Gasteiger partial charge on any atom is -0.399 e. The van der Waals surface area contributed by atoms with Gasteiger partial charge in [0.1, 0.15) is 5.82 Å². The van der Waals surface area contributed by atoms with Gasteiger partial charge >= 0.3 is 5.69 Å². The topological polar surface area (TPSA) is 71.8 Å². The van der Waals surface area contributed by atoms with Crippen molar-refractivity contribution >= 4 is 5.69 Å². The largest absolute Gasteiger partial charge is 0.399 e. The van der Waals surface area contributed by atoms with Gasteiger partial charge in [0.15, 0.2) is 0 Å². The zero-order valence-electron chi connectivity index (χ0n) is 7.70. The Labute approximate surface area is 84.6 Å². The van der Waals surface area contributed by atoms with E-state index in [2.05, 4.69) is 9.97 Å². The van der Waals surface area contributed by atoms with Crippen LogP contribution in [0.25, 0.3) is 11.1 Å². The molecule has 0 spiro atoms. The van der Waals surface area contributed by atoms with Crippen molar-refractivity contribution < 1.29 is 4.39 Å². The van der Waals surface area contributed by atoms with Crippen molar-refractivity contribution in [1.82, 2.24) is 9.97 Å². The third-order valence-electron chi connectivity index (χ3n) is 1.98. The zero-order valence-corrected chi connectivity index (χ0v) is 7.70. The van der Waals surface area contributed by atoms with Gasteiger partial charge in [-0.2, -0.15) is 0 Å². The summed E-state index contributed by atoms with van der Waals surface area (Å²) < 4.78 is 13.4. The van der Waals surface area contributed by atoms with Gasteiger partial charge in [-0.15, -0.1) is 0 Å². The van der Waals surface area contributed by atoms with Crippen LogP contribution in [0.3, 0.4) is 0 Å². The first kappa shape index (κ1) is 9.39. The van der Waals surface area contributed by atoms with E-state index in [-0.39, 0.29) is 0 Å². The molecule has 0 aliphatic rings. The number of aromatic amines is 1. The monoisotopic (exact) mass is 205 g/mol. The Morgan fingerprint density at radius 2 is 2.20 bits per heavy atom. The lowest BCUT2D eigenvalue weighted by molar-refractivity contribution is 0.632. The average Bonchev–Trinajstić information content (AvgIpc) is 2.20. The van der Waals surface area contributed by atoms with Crippen molar-refractivity contribution in [3.63, 3.8) is 0 Å². The number of anilines is 1. The van der Waals surface area contributed by atoms with Crippen LogP contribution >= 0.6 is 0 Å². The Bertz CT molecular complexity index is 530. The highest BCUT2D eigenvalue weighted by molar-refractivity contribution is 5.64. The number of nitrogen functional groups attached to an aromatic ring is 1. The molecule has 0 aliphatic heterocycles. The molecule has 76 valence electrons. The predicted octanol–water partition coefficient (Wildman–Crippen LogP) is 1.16. The van der Waals surface area contributed by atoms with E-state index < -0.39 is 11.5 Å². The van der Waals surface area contributed by atoms with Gasteiger partial charge in [0.2, 0.25) is 0 Å². The van der Waals surface area contributed by atoms with E-state index in [0.29, 0.717) is 16.8 Å². The van der Waals surface area contributed by atoms with E-state index in [1.54, 1.807) is 12.1 Å². The summed E-state index contributed by atoms with van der Waals surface area (Å²) in [4.78, 5) is 16.6. The van der Waals surface area contributed by atoms with E-state index in [4.69, 9.17) is 5.73 Å². The number of nitrogens with one attached hydrogen (secondary N) is 1. The lowest BCUT2D eigenvalue weighted by Crippen LogP contribution is -2.08. The third kappa shape index (κ3) is 1.85. The molecule has 0 saturated carbocycles. The van der Waals surface area contributed by atoms with Crippen LogP contribution in [-0.4, -0.2) is 9.97 Å². The predicted molar refractivity (Wildman–Crippen MR) is 54.7 cm³/mol. The number of aromatic nitrogens is 2. The average molecular weight is 205 g/mol. The third-order valence-corrected chi connectivity index (χ3v) is 1.98. The van der Waals surface area contributed by atoms with Crippen LogP contribution in [0.4, 0.5) is 10.1 Å². The summed E-state index contributed by atoms with van der Waals surface area (Å²) in [6, 6.07) is 4.35. The van der Waals surface area contributed by atoms with Crippen LogP contribution in [0.5, 0.6) is 0 Å². The number of hydrogen-bond acceptors (Lipinski definition) is 3. The summed E-state index contributed by atoms with van der Waals surface area (Å²) in [6.45, 7) is 0. The smallest absolute Gasteiger partial charge is 0.344 e. The standard InChI is InChI=1S/C10H8FN3O/c11-9-3-7(12)1-2-8(9)6-4-13-10(15)14-5-6/h1-5H,12H2,(H,13,14,15). The highest BCUT2D eigenvalue weighted by atomic mass is 19.1. The minimum atomic E-state index is -0.463. The van der Waals surface area contributed by atoms with Crippen LogP contribution in [0.15, 0.2) is 35.4 Å². The molecule has 0 unspecified atom stereocenters. The summed E-state index contributed by atoms with van der Waals surface area (Å²) >= 11 is 0. The van der Waals surface area contributed by atoms with Gasteiger partial charge in [0, 0.05) is 29.2 Å². The number of rotatable bonds is 1. The van der Waals surface area contributed by atoms with Crippen LogP contribution < -0.4 is 11.4 Å². The summed E-state index contributed by atoms with van der Waals surface area (Å²) in [7, 11) is 0. The van der Waals surface area contributed by atoms with Crippen molar-refractivity contribution in [2.45, 2.75) is 0 Å². The van der Waals surface area contributed by atoms with Crippen molar-refractivity contribution in [2.24, 2.45) is 0 Å². The maximum absolute atomic E-state index is 13.4. The Balaban J connectivity index is 2.54. The normalized spacial score (nSPS) is 10.2.